The molecule has 0 aromatic carbocycles. The number of aliphatic hydroxyl groups excluding tert-OH is 1. The molecule has 0 aliphatic heterocycles. The minimum atomic E-state index is 0.0741. The zero-order valence-electron chi connectivity index (χ0n) is 9.30. The number of aromatic nitrogens is 4. The second-order valence-electron chi connectivity index (χ2n) is 2.78. The minimum Gasteiger partial charge on any atom is -0.394 e. The van der Waals surface area contributed by atoms with Crippen molar-refractivity contribution in [3.63, 3.8) is 0 Å². The summed E-state index contributed by atoms with van der Waals surface area (Å²) in [6.07, 6.45) is 3.40. The molecule has 82 valence electrons. The lowest BCUT2D eigenvalue weighted by molar-refractivity contribution is 0.271. The predicted molar refractivity (Wildman–Crippen MR) is 58.5 cm³/mol. The zero-order chi connectivity index (χ0) is 11.3. The van der Waals surface area contributed by atoms with Gasteiger partial charge in [0, 0.05) is 0 Å². The van der Waals surface area contributed by atoms with Gasteiger partial charge in [-0.3, -0.25) is 4.68 Å². The number of aryl methyl sites for hydroxylation is 1. The number of hydrogen-bond donors (Lipinski definition) is 1. The first-order chi connectivity index (χ1) is 7.31. The highest BCUT2D eigenvalue weighted by Crippen LogP contribution is 2.08. The molecule has 0 atom stereocenters. The van der Waals surface area contributed by atoms with Crippen LogP contribution in [0.15, 0.2) is 12.4 Å². The topological polar surface area (TPSA) is 63.8 Å². The SMILES string of the molecule is CC.Cc1ncc2c(cnn2CCO)n1. The lowest BCUT2D eigenvalue weighted by Crippen LogP contribution is -2.03. The van der Waals surface area contributed by atoms with Crippen molar-refractivity contribution in [2.45, 2.75) is 27.3 Å². The molecule has 5 heteroatoms. The van der Waals surface area contributed by atoms with Gasteiger partial charge in [-0.15, -0.1) is 0 Å². The molecule has 0 radical (unpaired) electrons. The molecule has 0 saturated heterocycles. The molecule has 0 aliphatic carbocycles. The fourth-order valence-electron chi connectivity index (χ4n) is 1.23. The number of fused-ring (bicyclic) bond motifs is 1. The van der Waals surface area contributed by atoms with Crippen molar-refractivity contribution in [1.29, 1.82) is 0 Å². The van der Waals surface area contributed by atoms with E-state index in [1.165, 1.54) is 0 Å². The maximum absolute atomic E-state index is 8.75. The van der Waals surface area contributed by atoms with Gasteiger partial charge in [0.05, 0.1) is 25.5 Å². The fourth-order valence-corrected chi connectivity index (χ4v) is 1.23. The van der Waals surface area contributed by atoms with Crippen LogP contribution >= 0.6 is 0 Å². The molecule has 0 saturated carbocycles. The molecule has 1 N–H and O–H groups in total. The van der Waals surface area contributed by atoms with Gasteiger partial charge in [-0.25, -0.2) is 9.97 Å². The van der Waals surface area contributed by atoms with Crippen LogP contribution in [0.5, 0.6) is 0 Å². The first-order valence-corrected chi connectivity index (χ1v) is 5.07. The average Bonchev–Trinajstić information content (AvgIpc) is 2.64. The Morgan fingerprint density at radius 1 is 1.33 bits per heavy atom. The number of aliphatic hydroxyl groups is 1. The molecule has 2 rings (SSSR count). The first kappa shape index (κ1) is 11.6. The standard InChI is InChI=1S/C8H10N4O.C2H6/c1-6-9-5-8-7(11-6)4-10-12(8)2-3-13;1-2/h4-5,13H,2-3H2,1H3;1-2H3. The average molecular weight is 208 g/mol. The van der Waals surface area contributed by atoms with E-state index in [1.54, 1.807) is 17.1 Å². The van der Waals surface area contributed by atoms with Gasteiger partial charge in [-0.2, -0.15) is 5.10 Å². The Morgan fingerprint density at radius 3 is 2.73 bits per heavy atom. The van der Waals surface area contributed by atoms with Crippen LogP contribution in [0.1, 0.15) is 19.7 Å². The molecule has 0 fully saturated rings. The number of rotatable bonds is 2. The van der Waals surface area contributed by atoms with Gasteiger partial charge < -0.3 is 5.11 Å². The Morgan fingerprint density at radius 2 is 2.07 bits per heavy atom. The Labute approximate surface area is 88.8 Å². The monoisotopic (exact) mass is 208 g/mol. The van der Waals surface area contributed by atoms with Crippen LogP contribution in [0, 0.1) is 6.92 Å². The van der Waals surface area contributed by atoms with Gasteiger partial charge in [-0.05, 0) is 6.92 Å². The normalized spacial score (nSPS) is 9.87. The number of nitrogens with zero attached hydrogens (tertiary/aromatic N) is 4. The summed E-state index contributed by atoms with van der Waals surface area (Å²) in [4.78, 5) is 8.27. The molecular weight excluding hydrogens is 192 g/mol. The molecule has 0 unspecified atom stereocenters. The summed E-state index contributed by atoms with van der Waals surface area (Å²) in [5.74, 6) is 0.732. The summed E-state index contributed by atoms with van der Waals surface area (Å²) in [6, 6.07) is 0. The van der Waals surface area contributed by atoms with Crippen LogP contribution in [0.2, 0.25) is 0 Å². The molecular formula is C10H16N4O. The highest BCUT2D eigenvalue weighted by Gasteiger charge is 2.03. The first-order valence-electron chi connectivity index (χ1n) is 5.07. The highest BCUT2D eigenvalue weighted by atomic mass is 16.3. The molecule has 2 aromatic heterocycles. The van der Waals surface area contributed by atoms with E-state index >= 15 is 0 Å². The van der Waals surface area contributed by atoms with Gasteiger partial charge >= 0.3 is 0 Å². The maximum atomic E-state index is 8.75. The van der Waals surface area contributed by atoms with Crippen LogP contribution in [0.3, 0.4) is 0 Å². The van der Waals surface area contributed by atoms with E-state index in [0.29, 0.717) is 6.54 Å². The minimum absolute atomic E-state index is 0.0741. The Bertz CT molecular complexity index is 424. The van der Waals surface area contributed by atoms with Crippen LogP contribution in [0.4, 0.5) is 0 Å². The van der Waals surface area contributed by atoms with Gasteiger partial charge in [0.15, 0.2) is 0 Å². The quantitative estimate of drug-likeness (QED) is 0.804. The van der Waals surface area contributed by atoms with Gasteiger partial charge in [0.2, 0.25) is 0 Å². The van der Waals surface area contributed by atoms with Crippen molar-refractivity contribution < 1.29 is 5.11 Å². The summed E-state index contributed by atoms with van der Waals surface area (Å²) < 4.78 is 1.69. The van der Waals surface area contributed by atoms with E-state index < -0.39 is 0 Å². The molecule has 15 heavy (non-hydrogen) atoms. The van der Waals surface area contributed by atoms with E-state index in [-0.39, 0.29) is 6.61 Å². The van der Waals surface area contributed by atoms with Crippen molar-refractivity contribution in [2.24, 2.45) is 0 Å². The molecule has 0 aliphatic rings. The third kappa shape index (κ3) is 2.50. The smallest absolute Gasteiger partial charge is 0.126 e. The van der Waals surface area contributed by atoms with Crippen molar-refractivity contribution in [3.8, 4) is 0 Å². The fraction of sp³-hybridized carbons (Fsp3) is 0.500. The second-order valence-corrected chi connectivity index (χ2v) is 2.78. The highest BCUT2D eigenvalue weighted by molar-refractivity contribution is 5.72. The second kappa shape index (κ2) is 5.41. The van der Waals surface area contributed by atoms with E-state index in [4.69, 9.17) is 5.11 Å². The zero-order valence-corrected chi connectivity index (χ0v) is 9.30. The Kier molecular flexibility index (Phi) is 4.17. The van der Waals surface area contributed by atoms with Crippen LogP contribution in [-0.2, 0) is 6.54 Å². The van der Waals surface area contributed by atoms with E-state index in [1.807, 2.05) is 20.8 Å². The van der Waals surface area contributed by atoms with Crippen LogP contribution in [-0.4, -0.2) is 31.5 Å². The largest absolute Gasteiger partial charge is 0.394 e. The summed E-state index contributed by atoms with van der Waals surface area (Å²) in [5, 5.41) is 12.8. The third-order valence-corrected chi connectivity index (χ3v) is 1.83. The Balaban J connectivity index is 0.000000531. The lowest BCUT2D eigenvalue weighted by atomic mass is 10.4. The van der Waals surface area contributed by atoms with Crippen molar-refractivity contribution in [3.05, 3.63) is 18.2 Å². The third-order valence-electron chi connectivity index (χ3n) is 1.83. The molecule has 5 nitrogen and oxygen atoms in total. The van der Waals surface area contributed by atoms with E-state index in [9.17, 15) is 0 Å². The van der Waals surface area contributed by atoms with Gasteiger partial charge in [0.1, 0.15) is 16.9 Å². The van der Waals surface area contributed by atoms with Crippen molar-refractivity contribution >= 4 is 11.0 Å². The van der Waals surface area contributed by atoms with E-state index in [0.717, 1.165) is 16.9 Å². The lowest BCUT2D eigenvalue weighted by Gasteiger charge is -1.98. The Hall–Kier alpha value is -1.49. The van der Waals surface area contributed by atoms with Crippen LogP contribution in [0.25, 0.3) is 11.0 Å². The van der Waals surface area contributed by atoms with Gasteiger partial charge in [-0.1, -0.05) is 13.8 Å². The van der Waals surface area contributed by atoms with E-state index in [2.05, 4.69) is 15.1 Å². The summed E-state index contributed by atoms with van der Waals surface area (Å²) >= 11 is 0. The summed E-state index contributed by atoms with van der Waals surface area (Å²) in [7, 11) is 0. The molecule has 0 bridgehead atoms. The molecule has 0 spiro atoms. The predicted octanol–water partition coefficient (Wildman–Crippen LogP) is 1.15. The number of hydrogen-bond acceptors (Lipinski definition) is 4. The molecule has 2 heterocycles. The van der Waals surface area contributed by atoms with Crippen molar-refractivity contribution in [2.75, 3.05) is 6.61 Å². The molecule has 2 aromatic rings. The molecule has 0 amide bonds. The van der Waals surface area contributed by atoms with Gasteiger partial charge in [0.25, 0.3) is 0 Å². The van der Waals surface area contributed by atoms with Crippen LogP contribution < -0.4 is 0 Å². The summed E-state index contributed by atoms with van der Waals surface area (Å²) in [6.45, 7) is 6.39. The van der Waals surface area contributed by atoms with Crippen molar-refractivity contribution in [1.82, 2.24) is 19.7 Å². The maximum Gasteiger partial charge on any atom is 0.126 e. The summed E-state index contributed by atoms with van der Waals surface area (Å²) in [5.41, 5.74) is 1.68.